The maximum absolute atomic E-state index is 10.8. The zero-order valence-electron chi connectivity index (χ0n) is 7.00. The van der Waals surface area contributed by atoms with E-state index in [2.05, 4.69) is 5.16 Å². The van der Waals surface area contributed by atoms with Crippen molar-refractivity contribution in [1.82, 2.24) is 0 Å². The third-order valence-electron chi connectivity index (χ3n) is 0.993. The minimum absolute atomic E-state index is 0.0225. The Labute approximate surface area is 65.8 Å². The van der Waals surface area contributed by atoms with Crippen molar-refractivity contribution >= 4 is 11.7 Å². The molecule has 0 unspecified atom stereocenters. The molecule has 0 rings (SSSR count). The molecule has 11 heavy (non-hydrogen) atoms. The highest BCUT2D eigenvalue weighted by atomic mass is 16.5. The summed E-state index contributed by atoms with van der Waals surface area (Å²) in [6.07, 6.45) is 0. The molecular weight excluding hydrogens is 146 g/mol. The van der Waals surface area contributed by atoms with Crippen LogP contribution in [0.4, 0.5) is 0 Å². The standard InChI is InChI=1S/C7H13NO3/c1-5(2)4-11-7(9)6(3)8-10/h5,10H,4H2,1-3H3/b8-6-. The fourth-order valence-corrected chi connectivity index (χ4v) is 0.388. The zero-order valence-corrected chi connectivity index (χ0v) is 7.00. The molecule has 1 N–H and O–H groups in total. The molecule has 0 aromatic rings. The zero-order chi connectivity index (χ0) is 8.85. The van der Waals surface area contributed by atoms with Crippen LogP contribution in [0.2, 0.25) is 0 Å². The molecule has 0 saturated carbocycles. The Kier molecular flexibility index (Phi) is 4.26. The van der Waals surface area contributed by atoms with Gasteiger partial charge in [-0.3, -0.25) is 0 Å². The molecular formula is C7H13NO3. The van der Waals surface area contributed by atoms with E-state index in [1.54, 1.807) is 0 Å². The number of hydrogen-bond donors (Lipinski definition) is 1. The number of rotatable bonds is 3. The Hall–Kier alpha value is -1.06. The molecule has 0 heterocycles. The van der Waals surface area contributed by atoms with Gasteiger partial charge in [0.1, 0.15) is 0 Å². The largest absolute Gasteiger partial charge is 0.461 e. The molecule has 0 fully saturated rings. The molecule has 0 bridgehead atoms. The van der Waals surface area contributed by atoms with E-state index in [9.17, 15) is 4.79 Å². The third kappa shape index (κ3) is 4.36. The monoisotopic (exact) mass is 159 g/mol. The predicted octanol–water partition coefficient (Wildman–Crippen LogP) is 1.04. The van der Waals surface area contributed by atoms with E-state index >= 15 is 0 Å². The number of ether oxygens (including phenoxy) is 1. The number of esters is 1. The van der Waals surface area contributed by atoms with Gasteiger partial charge in [-0.15, -0.1) is 0 Å². The Morgan fingerprint density at radius 3 is 2.55 bits per heavy atom. The molecule has 0 atom stereocenters. The first kappa shape index (κ1) is 9.94. The van der Waals surface area contributed by atoms with Gasteiger partial charge in [-0.05, 0) is 12.8 Å². The fourth-order valence-electron chi connectivity index (χ4n) is 0.388. The highest BCUT2D eigenvalue weighted by molar-refractivity contribution is 6.35. The topological polar surface area (TPSA) is 58.9 Å². The molecule has 4 nitrogen and oxygen atoms in total. The van der Waals surface area contributed by atoms with E-state index in [0.29, 0.717) is 12.5 Å². The fraction of sp³-hybridized carbons (Fsp3) is 0.714. The molecule has 0 aliphatic heterocycles. The van der Waals surface area contributed by atoms with Gasteiger partial charge >= 0.3 is 5.97 Å². The van der Waals surface area contributed by atoms with E-state index in [4.69, 9.17) is 9.94 Å². The second-order valence-electron chi connectivity index (χ2n) is 2.68. The number of carbonyl (C=O) groups excluding carboxylic acids is 1. The summed E-state index contributed by atoms with van der Waals surface area (Å²) in [5.74, 6) is -0.272. The van der Waals surface area contributed by atoms with Crippen molar-refractivity contribution in [2.24, 2.45) is 11.1 Å². The van der Waals surface area contributed by atoms with Gasteiger partial charge < -0.3 is 9.94 Å². The van der Waals surface area contributed by atoms with E-state index in [-0.39, 0.29) is 5.71 Å². The lowest BCUT2D eigenvalue weighted by molar-refractivity contribution is -0.136. The summed E-state index contributed by atoms with van der Waals surface area (Å²) < 4.78 is 4.73. The first-order valence-electron chi connectivity index (χ1n) is 3.43. The summed E-state index contributed by atoms with van der Waals surface area (Å²) in [7, 11) is 0. The molecule has 4 heteroatoms. The van der Waals surface area contributed by atoms with Crippen LogP contribution in [-0.2, 0) is 9.53 Å². The minimum Gasteiger partial charge on any atom is -0.461 e. The van der Waals surface area contributed by atoms with E-state index in [1.165, 1.54) is 6.92 Å². The van der Waals surface area contributed by atoms with E-state index in [1.807, 2.05) is 13.8 Å². The number of hydrogen-bond acceptors (Lipinski definition) is 4. The molecule has 0 spiro atoms. The average Bonchev–Trinajstić information content (AvgIpc) is 1.98. The average molecular weight is 159 g/mol. The highest BCUT2D eigenvalue weighted by Crippen LogP contribution is 1.93. The van der Waals surface area contributed by atoms with Gasteiger partial charge in [-0.2, -0.15) is 0 Å². The van der Waals surface area contributed by atoms with Crippen LogP contribution in [0.3, 0.4) is 0 Å². The van der Waals surface area contributed by atoms with Gasteiger partial charge in [0.05, 0.1) is 6.61 Å². The first-order valence-corrected chi connectivity index (χ1v) is 3.43. The SMILES string of the molecule is C/C(=N/O)C(=O)OCC(C)C. The Morgan fingerprint density at radius 2 is 2.18 bits per heavy atom. The van der Waals surface area contributed by atoms with Crippen LogP contribution >= 0.6 is 0 Å². The summed E-state index contributed by atoms with van der Waals surface area (Å²) in [5.41, 5.74) is -0.0225. The Balaban J connectivity index is 3.71. The van der Waals surface area contributed by atoms with E-state index in [0.717, 1.165) is 0 Å². The van der Waals surface area contributed by atoms with Crippen LogP contribution in [0.5, 0.6) is 0 Å². The van der Waals surface area contributed by atoms with Gasteiger partial charge in [-0.25, -0.2) is 4.79 Å². The third-order valence-corrected chi connectivity index (χ3v) is 0.993. The summed E-state index contributed by atoms with van der Waals surface area (Å²) >= 11 is 0. The molecule has 64 valence electrons. The van der Waals surface area contributed by atoms with Crippen molar-refractivity contribution in [2.45, 2.75) is 20.8 Å². The molecule has 0 aliphatic carbocycles. The van der Waals surface area contributed by atoms with Gasteiger partial charge in [0.15, 0.2) is 5.71 Å². The van der Waals surface area contributed by atoms with Gasteiger partial charge in [0.25, 0.3) is 0 Å². The first-order chi connectivity index (χ1) is 5.07. The van der Waals surface area contributed by atoms with Crippen molar-refractivity contribution in [3.8, 4) is 0 Å². The second kappa shape index (κ2) is 4.71. The number of nitrogens with zero attached hydrogens (tertiary/aromatic N) is 1. The van der Waals surface area contributed by atoms with Gasteiger partial charge in [0.2, 0.25) is 0 Å². The van der Waals surface area contributed by atoms with Crippen LogP contribution < -0.4 is 0 Å². The van der Waals surface area contributed by atoms with Crippen LogP contribution in [0, 0.1) is 5.92 Å². The van der Waals surface area contributed by atoms with E-state index < -0.39 is 5.97 Å². The van der Waals surface area contributed by atoms with Gasteiger partial charge in [0, 0.05) is 0 Å². The summed E-state index contributed by atoms with van der Waals surface area (Å²) in [6, 6.07) is 0. The summed E-state index contributed by atoms with van der Waals surface area (Å²) in [4.78, 5) is 10.8. The Bertz CT molecular complexity index is 163. The second-order valence-corrected chi connectivity index (χ2v) is 2.68. The van der Waals surface area contributed by atoms with Crippen molar-refractivity contribution in [1.29, 1.82) is 0 Å². The maximum Gasteiger partial charge on any atom is 0.355 e. The normalized spacial score (nSPS) is 11.8. The van der Waals surface area contributed by atoms with Crippen LogP contribution in [0.1, 0.15) is 20.8 Å². The summed E-state index contributed by atoms with van der Waals surface area (Å²) in [5, 5.41) is 10.9. The molecule has 0 radical (unpaired) electrons. The smallest absolute Gasteiger partial charge is 0.355 e. The molecule has 0 amide bonds. The molecule has 0 aromatic carbocycles. The lowest BCUT2D eigenvalue weighted by Crippen LogP contribution is -2.17. The number of carbonyl (C=O) groups is 1. The number of oxime groups is 1. The summed E-state index contributed by atoms with van der Waals surface area (Å²) in [6.45, 7) is 5.60. The quantitative estimate of drug-likeness (QED) is 0.289. The predicted molar refractivity (Wildman–Crippen MR) is 40.7 cm³/mol. The van der Waals surface area contributed by atoms with Crippen LogP contribution in [-0.4, -0.2) is 23.5 Å². The van der Waals surface area contributed by atoms with Crippen molar-refractivity contribution < 1.29 is 14.7 Å². The molecule has 0 aliphatic rings. The van der Waals surface area contributed by atoms with Crippen LogP contribution in [0.15, 0.2) is 5.16 Å². The van der Waals surface area contributed by atoms with Gasteiger partial charge in [-0.1, -0.05) is 19.0 Å². The molecule has 0 saturated heterocycles. The van der Waals surface area contributed by atoms with Crippen molar-refractivity contribution in [2.75, 3.05) is 6.61 Å². The minimum atomic E-state index is -0.568. The Morgan fingerprint density at radius 1 is 1.64 bits per heavy atom. The van der Waals surface area contributed by atoms with Crippen LogP contribution in [0.25, 0.3) is 0 Å². The lowest BCUT2D eigenvalue weighted by atomic mass is 10.2. The lowest BCUT2D eigenvalue weighted by Gasteiger charge is -2.04. The highest BCUT2D eigenvalue weighted by Gasteiger charge is 2.07. The van der Waals surface area contributed by atoms with Crippen molar-refractivity contribution in [3.05, 3.63) is 0 Å². The maximum atomic E-state index is 10.8. The van der Waals surface area contributed by atoms with Crippen molar-refractivity contribution in [3.63, 3.8) is 0 Å². The molecule has 0 aromatic heterocycles.